The third-order valence-corrected chi connectivity index (χ3v) is 5.51. The van der Waals surface area contributed by atoms with Gasteiger partial charge in [-0.1, -0.05) is 26.0 Å². The molecule has 0 aliphatic carbocycles. The molecule has 0 fully saturated rings. The average Bonchev–Trinajstić information content (AvgIpc) is 3.12. The SMILES string of the molecule is COC(=O)c1cc(C(=O)OC)cc(N2C(=O)C(O)=C(C(=O)C(C)C)[C@H]2c2ccc(C(=O)O)cc2)c1. The van der Waals surface area contributed by atoms with Gasteiger partial charge in [0.2, 0.25) is 0 Å². The first kappa shape index (κ1) is 25.2. The summed E-state index contributed by atoms with van der Waals surface area (Å²) < 4.78 is 9.49. The summed E-state index contributed by atoms with van der Waals surface area (Å²) in [6.45, 7) is 3.21. The van der Waals surface area contributed by atoms with Crippen molar-refractivity contribution in [2.24, 2.45) is 5.92 Å². The van der Waals surface area contributed by atoms with E-state index in [4.69, 9.17) is 9.47 Å². The number of nitrogens with zero attached hydrogens (tertiary/aromatic N) is 1. The maximum Gasteiger partial charge on any atom is 0.337 e. The lowest BCUT2D eigenvalue weighted by Gasteiger charge is -2.28. The van der Waals surface area contributed by atoms with Crippen LogP contribution in [0.3, 0.4) is 0 Å². The Morgan fingerprint density at radius 1 is 0.886 bits per heavy atom. The summed E-state index contributed by atoms with van der Waals surface area (Å²) in [4.78, 5) is 63.2. The summed E-state index contributed by atoms with van der Waals surface area (Å²) in [5.74, 6) is -5.53. The lowest BCUT2D eigenvalue weighted by atomic mass is 9.90. The minimum Gasteiger partial charge on any atom is -0.503 e. The van der Waals surface area contributed by atoms with E-state index in [-0.39, 0.29) is 28.0 Å². The molecule has 10 nitrogen and oxygen atoms in total. The van der Waals surface area contributed by atoms with Crippen LogP contribution >= 0.6 is 0 Å². The van der Waals surface area contributed by atoms with E-state index in [1.54, 1.807) is 13.8 Å². The third-order valence-electron chi connectivity index (χ3n) is 5.51. The number of ether oxygens (including phenoxy) is 2. The molecule has 2 aromatic carbocycles. The maximum absolute atomic E-state index is 13.2. The van der Waals surface area contributed by atoms with Gasteiger partial charge >= 0.3 is 17.9 Å². The van der Waals surface area contributed by atoms with Gasteiger partial charge in [-0.15, -0.1) is 0 Å². The summed E-state index contributed by atoms with van der Waals surface area (Å²) in [6, 6.07) is 8.09. The van der Waals surface area contributed by atoms with Crippen molar-refractivity contribution in [2.75, 3.05) is 19.1 Å². The van der Waals surface area contributed by atoms with Crippen LogP contribution < -0.4 is 4.90 Å². The van der Waals surface area contributed by atoms with Gasteiger partial charge in [0.1, 0.15) is 0 Å². The van der Waals surface area contributed by atoms with Crippen molar-refractivity contribution in [1.29, 1.82) is 0 Å². The number of aromatic carboxylic acids is 1. The highest BCUT2D eigenvalue weighted by Gasteiger charge is 2.45. The molecule has 35 heavy (non-hydrogen) atoms. The van der Waals surface area contributed by atoms with Crippen LogP contribution in [0.5, 0.6) is 0 Å². The van der Waals surface area contributed by atoms with E-state index in [1.807, 2.05) is 0 Å². The van der Waals surface area contributed by atoms with Gasteiger partial charge in [0.25, 0.3) is 5.91 Å². The summed E-state index contributed by atoms with van der Waals surface area (Å²) >= 11 is 0. The summed E-state index contributed by atoms with van der Waals surface area (Å²) in [5, 5.41) is 19.9. The number of carboxylic acids is 1. The molecule has 0 unspecified atom stereocenters. The lowest BCUT2D eigenvalue weighted by molar-refractivity contribution is -0.119. The van der Waals surface area contributed by atoms with Crippen LogP contribution in [-0.2, 0) is 19.1 Å². The second-order valence-electron chi connectivity index (χ2n) is 8.04. The molecule has 0 saturated heterocycles. The van der Waals surface area contributed by atoms with Crippen molar-refractivity contribution in [3.05, 3.63) is 76.1 Å². The molecule has 2 N–H and O–H groups in total. The zero-order chi connectivity index (χ0) is 26.0. The topological polar surface area (TPSA) is 148 Å². The van der Waals surface area contributed by atoms with Crippen molar-refractivity contribution in [3.63, 3.8) is 0 Å². The molecule has 1 amide bonds. The van der Waals surface area contributed by atoms with E-state index in [9.17, 15) is 34.2 Å². The fraction of sp³-hybridized carbons (Fsp3) is 0.240. The molecule has 1 aliphatic rings. The Labute approximate surface area is 200 Å². The predicted molar refractivity (Wildman–Crippen MR) is 122 cm³/mol. The van der Waals surface area contributed by atoms with Crippen LogP contribution in [0.15, 0.2) is 53.8 Å². The molecular formula is C25H23NO9. The molecule has 0 spiro atoms. The highest BCUT2D eigenvalue weighted by atomic mass is 16.5. The lowest BCUT2D eigenvalue weighted by Crippen LogP contribution is -2.32. The number of aliphatic hydroxyl groups is 1. The van der Waals surface area contributed by atoms with Gasteiger partial charge in [-0.2, -0.15) is 0 Å². The number of hydrogen-bond acceptors (Lipinski definition) is 8. The molecule has 3 rings (SSSR count). The second-order valence-corrected chi connectivity index (χ2v) is 8.04. The highest BCUT2D eigenvalue weighted by molar-refractivity contribution is 6.17. The Kier molecular flexibility index (Phi) is 7.04. The van der Waals surface area contributed by atoms with Crippen molar-refractivity contribution in [3.8, 4) is 0 Å². The van der Waals surface area contributed by atoms with Crippen LogP contribution in [-0.4, -0.2) is 54.0 Å². The van der Waals surface area contributed by atoms with Crippen LogP contribution in [0, 0.1) is 5.92 Å². The number of carbonyl (C=O) groups excluding carboxylic acids is 4. The fourth-order valence-electron chi connectivity index (χ4n) is 3.78. The Balaban J connectivity index is 2.27. The van der Waals surface area contributed by atoms with Gasteiger partial charge in [0.05, 0.1) is 42.5 Å². The summed E-state index contributed by atoms with van der Waals surface area (Å²) in [6.07, 6.45) is 0. The number of carboxylic acid groups (broad SMARTS) is 1. The summed E-state index contributed by atoms with van der Waals surface area (Å²) in [7, 11) is 2.29. The Morgan fingerprint density at radius 3 is 1.83 bits per heavy atom. The van der Waals surface area contributed by atoms with Crippen molar-refractivity contribution < 1.29 is 43.7 Å². The zero-order valence-corrected chi connectivity index (χ0v) is 19.4. The maximum atomic E-state index is 13.2. The average molecular weight is 481 g/mol. The van der Waals surface area contributed by atoms with Crippen molar-refractivity contribution >= 4 is 35.3 Å². The van der Waals surface area contributed by atoms with Crippen molar-refractivity contribution in [1.82, 2.24) is 0 Å². The van der Waals surface area contributed by atoms with Crippen molar-refractivity contribution in [2.45, 2.75) is 19.9 Å². The van der Waals surface area contributed by atoms with Crippen LogP contribution in [0.25, 0.3) is 0 Å². The minimum absolute atomic E-state index is 0.0173. The normalized spacial score (nSPS) is 15.4. The first-order valence-corrected chi connectivity index (χ1v) is 10.5. The number of hydrogen-bond donors (Lipinski definition) is 2. The number of anilines is 1. The number of ketones is 1. The van der Waals surface area contributed by atoms with Gasteiger partial charge in [-0.3, -0.25) is 14.5 Å². The van der Waals surface area contributed by atoms with E-state index in [0.717, 1.165) is 19.1 Å². The van der Waals surface area contributed by atoms with Gasteiger partial charge in [-0.05, 0) is 35.9 Å². The largest absolute Gasteiger partial charge is 0.503 e. The molecule has 0 bridgehead atoms. The molecule has 182 valence electrons. The predicted octanol–water partition coefficient (Wildman–Crippen LogP) is 3.08. The molecule has 0 saturated carbocycles. The van der Waals surface area contributed by atoms with E-state index >= 15 is 0 Å². The first-order chi connectivity index (χ1) is 16.5. The molecule has 0 radical (unpaired) electrons. The molecule has 1 heterocycles. The van der Waals surface area contributed by atoms with E-state index < -0.39 is 47.3 Å². The monoisotopic (exact) mass is 481 g/mol. The standard InChI is InChI=1S/C25H23NO9/c1-12(2)20(27)18-19(13-5-7-14(8-6-13)23(30)31)26(22(29)21(18)28)17-10-15(24(32)34-3)9-16(11-17)25(33)35-4/h5-12,19,28H,1-4H3,(H,30,31)/t19-/m1/s1. The van der Waals surface area contributed by atoms with Gasteiger partial charge in [0, 0.05) is 11.6 Å². The number of methoxy groups -OCH3 is 2. The van der Waals surface area contributed by atoms with Crippen LogP contribution in [0.1, 0.15) is 56.5 Å². The smallest absolute Gasteiger partial charge is 0.337 e. The zero-order valence-electron chi connectivity index (χ0n) is 19.4. The quantitative estimate of drug-likeness (QED) is 0.569. The van der Waals surface area contributed by atoms with E-state index in [0.29, 0.717) is 5.56 Å². The number of Topliss-reactive ketones (excluding diaryl/α,β-unsaturated/α-hetero) is 1. The first-order valence-electron chi connectivity index (χ1n) is 10.5. The van der Waals surface area contributed by atoms with Gasteiger partial charge in [0.15, 0.2) is 11.5 Å². The summed E-state index contributed by atoms with van der Waals surface area (Å²) in [5.41, 5.74) is 0.0113. The number of amides is 1. The number of carbonyl (C=O) groups is 5. The number of benzene rings is 2. The number of esters is 2. The van der Waals surface area contributed by atoms with Gasteiger partial charge in [-0.25, -0.2) is 14.4 Å². The Morgan fingerprint density at radius 2 is 1.40 bits per heavy atom. The van der Waals surface area contributed by atoms with Crippen LogP contribution in [0.2, 0.25) is 0 Å². The van der Waals surface area contributed by atoms with Gasteiger partial charge < -0.3 is 19.7 Å². The van der Waals surface area contributed by atoms with E-state index in [2.05, 4.69) is 0 Å². The number of aliphatic hydroxyl groups excluding tert-OH is 1. The molecule has 1 aliphatic heterocycles. The molecule has 1 atom stereocenters. The Hall–Kier alpha value is -4.47. The molecule has 10 heteroatoms. The highest BCUT2D eigenvalue weighted by Crippen LogP contribution is 2.42. The second kappa shape index (κ2) is 9.80. The van der Waals surface area contributed by atoms with Crippen LogP contribution in [0.4, 0.5) is 5.69 Å². The van der Waals surface area contributed by atoms with E-state index in [1.165, 1.54) is 42.5 Å². The molecular weight excluding hydrogens is 458 g/mol. The molecule has 0 aromatic heterocycles. The Bertz CT molecular complexity index is 1220. The molecule has 2 aromatic rings. The fourth-order valence-corrected chi connectivity index (χ4v) is 3.78. The third kappa shape index (κ3) is 4.63. The number of rotatable bonds is 7. The minimum atomic E-state index is -1.17.